The quantitative estimate of drug-likeness (QED) is 0.440. The van der Waals surface area contributed by atoms with Gasteiger partial charge in [0.15, 0.2) is 0 Å². The Labute approximate surface area is 167 Å². The fraction of sp³-hybridized carbons (Fsp3) is 0.350. The molecule has 0 saturated carbocycles. The van der Waals surface area contributed by atoms with Gasteiger partial charge >= 0.3 is 6.09 Å². The number of pyridine rings is 1. The second-order valence-corrected chi connectivity index (χ2v) is 7.64. The van der Waals surface area contributed by atoms with Crippen LogP contribution in [0, 0.1) is 5.82 Å². The first-order valence-electron chi connectivity index (χ1n) is 8.76. The summed E-state index contributed by atoms with van der Waals surface area (Å²) in [5.74, 6) is -1.51. The first-order valence-corrected chi connectivity index (χ1v) is 9.14. The number of nitrogens with zero attached hydrogens (tertiary/aromatic N) is 1. The lowest BCUT2D eigenvalue weighted by atomic mass is 9.97. The second kappa shape index (κ2) is 8.56. The molecule has 1 heterocycles. The van der Waals surface area contributed by atoms with E-state index in [0.717, 1.165) is 6.20 Å². The maximum Gasteiger partial charge on any atom is 0.408 e. The third-order valence-electron chi connectivity index (χ3n) is 3.87. The summed E-state index contributed by atoms with van der Waals surface area (Å²) in [5, 5.41) is 12.0. The molecule has 0 fully saturated rings. The van der Waals surface area contributed by atoms with Gasteiger partial charge in [0.25, 0.3) is 0 Å². The van der Waals surface area contributed by atoms with E-state index in [0.29, 0.717) is 11.2 Å². The number of ether oxygens (including phenoxy) is 1. The van der Waals surface area contributed by atoms with E-state index in [2.05, 4.69) is 5.32 Å². The average molecular weight is 410 g/mol. The summed E-state index contributed by atoms with van der Waals surface area (Å²) in [6.45, 7) is 6.94. The van der Waals surface area contributed by atoms with Crippen molar-refractivity contribution in [3.8, 4) is 0 Å². The summed E-state index contributed by atoms with van der Waals surface area (Å²) in [6, 6.07) is 5.01. The Balaban J connectivity index is 2.40. The van der Waals surface area contributed by atoms with Crippen LogP contribution in [0.5, 0.6) is 0 Å². The van der Waals surface area contributed by atoms with Crippen molar-refractivity contribution in [1.82, 2.24) is 5.32 Å². The van der Waals surface area contributed by atoms with Crippen LogP contribution in [-0.4, -0.2) is 22.7 Å². The molecule has 1 aromatic heterocycles. The Morgan fingerprint density at radius 1 is 1.32 bits per heavy atom. The van der Waals surface area contributed by atoms with Gasteiger partial charge in [0.1, 0.15) is 11.4 Å². The lowest BCUT2D eigenvalue weighted by Crippen LogP contribution is -2.35. The number of hydrogen-bond donors (Lipinski definition) is 2. The van der Waals surface area contributed by atoms with Crippen molar-refractivity contribution in [2.45, 2.75) is 45.8 Å². The van der Waals surface area contributed by atoms with Crippen molar-refractivity contribution in [2.75, 3.05) is 0 Å². The summed E-state index contributed by atoms with van der Waals surface area (Å²) in [6.07, 6.45) is 2.16. The largest absolute Gasteiger partial charge is 0.444 e. The van der Waals surface area contributed by atoms with Crippen LogP contribution < -0.4 is 10.0 Å². The molecule has 2 rings (SSSR count). The predicted molar refractivity (Wildman–Crippen MR) is 101 cm³/mol. The van der Waals surface area contributed by atoms with Crippen LogP contribution in [0.1, 0.15) is 61.6 Å². The summed E-state index contributed by atoms with van der Waals surface area (Å²) in [5.41, 5.74) is -0.838. The number of carbonyl (C=O) groups excluding carboxylic acids is 2. The summed E-state index contributed by atoms with van der Waals surface area (Å²) in [4.78, 5) is 24.8. The number of halogens is 2. The highest BCUT2D eigenvalue weighted by Gasteiger charge is 2.27. The molecule has 1 unspecified atom stereocenters. The van der Waals surface area contributed by atoms with Gasteiger partial charge in [-0.15, -0.1) is 0 Å². The van der Waals surface area contributed by atoms with Crippen molar-refractivity contribution in [1.29, 1.82) is 0 Å². The van der Waals surface area contributed by atoms with E-state index in [1.807, 2.05) is 0 Å². The topological polar surface area (TPSA) is 79.5 Å². The van der Waals surface area contributed by atoms with Crippen LogP contribution in [-0.2, 0) is 4.74 Å². The maximum absolute atomic E-state index is 15.2. The normalized spacial score (nSPS) is 12.4. The van der Waals surface area contributed by atoms with Crippen molar-refractivity contribution < 1.29 is 28.7 Å². The fourth-order valence-electron chi connectivity index (χ4n) is 2.64. The molecule has 0 saturated heterocycles. The van der Waals surface area contributed by atoms with Crippen molar-refractivity contribution in [3.63, 3.8) is 0 Å². The first kappa shape index (κ1) is 21.6. The highest BCUT2D eigenvalue weighted by atomic mass is 35.5. The van der Waals surface area contributed by atoms with Crippen LogP contribution >= 0.6 is 11.6 Å². The number of nitrogens with one attached hydrogen (secondary N) is 1. The van der Waals surface area contributed by atoms with Gasteiger partial charge in [0.2, 0.25) is 18.2 Å². The van der Waals surface area contributed by atoms with Crippen LogP contribution in [0.15, 0.2) is 36.7 Å². The molecule has 0 spiro atoms. The number of benzene rings is 1. The minimum Gasteiger partial charge on any atom is -0.444 e. The zero-order valence-electron chi connectivity index (χ0n) is 16.1. The molecule has 0 bridgehead atoms. The van der Waals surface area contributed by atoms with E-state index in [1.54, 1.807) is 27.7 Å². The molecule has 0 aliphatic rings. The Kier molecular flexibility index (Phi) is 6.61. The van der Waals surface area contributed by atoms with Gasteiger partial charge < -0.3 is 10.1 Å². The molecule has 1 aromatic carbocycles. The number of carbonyl (C=O) groups is 2. The molecule has 2 aromatic rings. The van der Waals surface area contributed by atoms with Crippen molar-refractivity contribution >= 4 is 23.5 Å². The molecule has 2 N–H and O–H groups in total. The van der Waals surface area contributed by atoms with Crippen LogP contribution in [0.4, 0.5) is 9.18 Å². The zero-order valence-corrected chi connectivity index (χ0v) is 16.9. The van der Waals surface area contributed by atoms with Gasteiger partial charge in [-0.25, -0.2) is 9.18 Å². The monoisotopic (exact) mass is 409 g/mol. The molecular formula is C20H23ClFN2O4+. The highest BCUT2D eigenvalue weighted by Crippen LogP contribution is 2.29. The SMILES string of the molecule is CCC(NC(=O)OC(C)(C)C)c1ccc(Cl)c(C(=O)c2ccc[n+](O)c2)c1F. The van der Waals surface area contributed by atoms with E-state index < -0.39 is 29.3 Å². The first-order chi connectivity index (χ1) is 13.0. The van der Waals surface area contributed by atoms with Gasteiger partial charge in [0.05, 0.1) is 22.2 Å². The number of amides is 1. The lowest BCUT2D eigenvalue weighted by Gasteiger charge is -2.24. The molecule has 1 atom stereocenters. The Hall–Kier alpha value is -2.67. The molecule has 0 aliphatic heterocycles. The Bertz CT molecular complexity index is 896. The zero-order chi connectivity index (χ0) is 21.1. The summed E-state index contributed by atoms with van der Waals surface area (Å²) in [7, 11) is 0. The Morgan fingerprint density at radius 2 is 2.00 bits per heavy atom. The van der Waals surface area contributed by atoms with Crippen LogP contribution in [0.2, 0.25) is 5.02 Å². The van der Waals surface area contributed by atoms with E-state index in [4.69, 9.17) is 16.3 Å². The molecule has 150 valence electrons. The fourth-order valence-corrected chi connectivity index (χ4v) is 2.87. The second-order valence-electron chi connectivity index (χ2n) is 7.23. The van der Waals surface area contributed by atoms with Crippen molar-refractivity contribution in [2.24, 2.45) is 0 Å². The molecule has 8 heteroatoms. The maximum atomic E-state index is 15.2. The smallest absolute Gasteiger partial charge is 0.408 e. The number of alkyl carbamates (subject to hydrolysis) is 1. The van der Waals surface area contributed by atoms with E-state index in [1.165, 1.54) is 30.5 Å². The highest BCUT2D eigenvalue weighted by molar-refractivity contribution is 6.35. The van der Waals surface area contributed by atoms with Crippen molar-refractivity contribution in [3.05, 3.63) is 64.2 Å². The minimum absolute atomic E-state index is 0.0632. The summed E-state index contributed by atoms with van der Waals surface area (Å²) >= 11 is 6.08. The third-order valence-corrected chi connectivity index (χ3v) is 4.19. The molecule has 28 heavy (non-hydrogen) atoms. The summed E-state index contributed by atoms with van der Waals surface area (Å²) < 4.78 is 21.1. The molecule has 0 radical (unpaired) electrons. The lowest BCUT2D eigenvalue weighted by molar-refractivity contribution is -0.904. The van der Waals surface area contributed by atoms with Gasteiger partial charge in [-0.2, -0.15) is 0 Å². The molecule has 1 amide bonds. The van der Waals surface area contributed by atoms with E-state index in [9.17, 15) is 14.8 Å². The van der Waals surface area contributed by atoms with E-state index in [-0.39, 0.29) is 21.7 Å². The third kappa shape index (κ3) is 5.19. The van der Waals surface area contributed by atoms with E-state index >= 15 is 4.39 Å². The number of hydrogen-bond acceptors (Lipinski definition) is 4. The Morgan fingerprint density at radius 3 is 2.57 bits per heavy atom. The standard InChI is InChI=1S/C20H22ClFN2O4/c1-5-15(23-19(26)28-20(2,3)4)13-8-9-14(21)16(17(13)22)18(25)12-7-6-10-24(27)11-12/h6-11,15H,5H2,1-4H3,(H-,23,26,27)/p+1. The minimum atomic E-state index is -0.825. The van der Waals surface area contributed by atoms with Gasteiger partial charge in [-0.3, -0.25) is 10.0 Å². The van der Waals surface area contributed by atoms with Crippen LogP contribution in [0.3, 0.4) is 0 Å². The molecular weight excluding hydrogens is 387 g/mol. The number of ketones is 1. The van der Waals surface area contributed by atoms with Gasteiger partial charge in [0, 0.05) is 16.4 Å². The van der Waals surface area contributed by atoms with Gasteiger partial charge in [-0.1, -0.05) is 24.6 Å². The molecule has 0 aliphatic carbocycles. The van der Waals surface area contributed by atoms with Gasteiger partial charge in [-0.05, 0) is 39.3 Å². The predicted octanol–water partition coefficient (Wildman–Crippen LogP) is 4.21. The average Bonchev–Trinajstić information content (AvgIpc) is 2.58. The number of rotatable bonds is 5. The molecule has 6 nitrogen and oxygen atoms in total. The number of aromatic nitrogens is 1. The van der Waals surface area contributed by atoms with Crippen LogP contribution in [0.25, 0.3) is 0 Å².